The number of sulfonamides is 1. The van der Waals surface area contributed by atoms with E-state index in [2.05, 4.69) is 4.72 Å². The van der Waals surface area contributed by atoms with E-state index in [4.69, 9.17) is 5.11 Å². The van der Waals surface area contributed by atoms with E-state index < -0.39 is 30.9 Å². The molecule has 0 aliphatic heterocycles. The highest BCUT2D eigenvalue weighted by Gasteiger charge is 2.18. The smallest absolute Gasteiger partial charge is 0.328 e. The average Bonchev–Trinajstić information content (AvgIpc) is 2.26. The van der Waals surface area contributed by atoms with E-state index in [1.165, 1.54) is 18.2 Å². The summed E-state index contributed by atoms with van der Waals surface area (Å²) in [6.45, 7) is 1.62. The number of carboxylic acid groups (broad SMARTS) is 1. The van der Waals surface area contributed by atoms with Gasteiger partial charge in [0.2, 0.25) is 10.0 Å². The summed E-state index contributed by atoms with van der Waals surface area (Å²) in [5, 5.41) is 7.52. The molecule has 9 heteroatoms. The molecule has 1 aromatic rings. The minimum absolute atomic E-state index is 0.242. The highest BCUT2D eigenvalue weighted by molar-refractivity contribution is 8.08. The van der Waals surface area contributed by atoms with Crippen molar-refractivity contribution in [3.8, 4) is 0 Å². The number of anilines is 1. The van der Waals surface area contributed by atoms with Crippen molar-refractivity contribution in [1.29, 1.82) is 0 Å². The van der Waals surface area contributed by atoms with Crippen LogP contribution in [0.15, 0.2) is 24.3 Å². The molecule has 0 radical (unpaired) electrons. The van der Waals surface area contributed by atoms with Crippen LogP contribution in [0.5, 0.6) is 0 Å². The Balaban J connectivity index is 2.99. The Morgan fingerprint density at radius 1 is 1.29 bits per heavy atom. The van der Waals surface area contributed by atoms with Crippen LogP contribution in [0.1, 0.15) is 11.1 Å². The largest absolute Gasteiger partial charge is 0.478 e. The quantitative estimate of drug-likeness (QED) is 0.745. The van der Waals surface area contributed by atoms with E-state index in [1.54, 1.807) is 13.0 Å². The molecule has 0 fully saturated rings. The summed E-state index contributed by atoms with van der Waals surface area (Å²) in [4.78, 5) is 10.4. The lowest BCUT2D eigenvalue weighted by molar-refractivity contribution is -0.131. The molecule has 0 aromatic heterocycles. The first kappa shape index (κ1) is 17.2. The lowest BCUT2D eigenvalue weighted by atomic mass is 10.1. The molecule has 2 N–H and O–H groups in total. The molecule has 0 aliphatic carbocycles. The molecule has 0 unspecified atom stereocenters. The Kier molecular flexibility index (Phi) is 5.13. The first-order chi connectivity index (χ1) is 9.48. The van der Waals surface area contributed by atoms with Crippen molar-refractivity contribution in [3.05, 3.63) is 35.4 Å². The van der Waals surface area contributed by atoms with E-state index in [9.17, 15) is 21.6 Å². The number of hydrogen-bond acceptors (Lipinski definition) is 5. The third-order valence-electron chi connectivity index (χ3n) is 2.30. The SMILES string of the molecule is Cc1cc(/C=C/C(=O)O)ccc1NS(=O)(=O)CS(C)(=O)=O. The Bertz CT molecular complexity index is 778. The lowest BCUT2D eigenvalue weighted by Crippen LogP contribution is -2.22. The predicted octanol–water partition coefficient (Wildman–Crippen LogP) is 0.837. The Morgan fingerprint density at radius 2 is 1.90 bits per heavy atom. The van der Waals surface area contributed by atoms with Gasteiger partial charge in [0.1, 0.15) is 0 Å². The van der Waals surface area contributed by atoms with Gasteiger partial charge in [-0.3, -0.25) is 4.72 Å². The van der Waals surface area contributed by atoms with Crippen LogP contribution in [0, 0.1) is 6.92 Å². The van der Waals surface area contributed by atoms with Crippen LogP contribution in [-0.4, -0.2) is 39.3 Å². The number of aryl methyl sites for hydroxylation is 1. The van der Waals surface area contributed by atoms with Gasteiger partial charge in [-0.25, -0.2) is 21.6 Å². The van der Waals surface area contributed by atoms with Crippen molar-refractivity contribution < 1.29 is 26.7 Å². The third kappa shape index (κ3) is 6.41. The summed E-state index contributed by atoms with van der Waals surface area (Å²) in [5.41, 5.74) is 1.37. The summed E-state index contributed by atoms with van der Waals surface area (Å²) >= 11 is 0. The van der Waals surface area contributed by atoms with Crippen molar-refractivity contribution in [2.45, 2.75) is 6.92 Å². The van der Waals surface area contributed by atoms with E-state index >= 15 is 0 Å². The second kappa shape index (κ2) is 6.27. The van der Waals surface area contributed by atoms with Crippen molar-refractivity contribution in [2.75, 3.05) is 16.1 Å². The zero-order chi connectivity index (χ0) is 16.3. The summed E-state index contributed by atoms with van der Waals surface area (Å²) < 4.78 is 47.6. The van der Waals surface area contributed by atoms with Gasteiger partial charge >= 0.3 is 5.97 Å². The predicted molar refractivity (Wildman–Crippen MR) is 80.1 cm³/mol. The molecule has 0 amide bonds. The number of rotatable bonds is 6. The maximum atomic E-state index is 11.7. The molecule has 0 spiro atoms. The molecule has 116 valence electrons. The van der Waals surface area contributed by atoms with Gasteiger partial charge in [-0.15, -0.1) is 0 Å². The van der Waals surface area contributed by atoms with Crippen molar-refractivity contribution in [2.24, 2.45) is 0 Å². The number of benzene rings is 1. The van der Waals surface area contributed by atoms with Gasteiger partial charge in [-0.1, -0.05) is 6.07 Å². The van der Waals surface area contributed by atoms with Gasteiger partial charge in [0.25, 0.3) is 0 Å². The molecular formula is C12H15NO6S2. The van der Waals surface area contributed by atoms with E-state index in [0.717, 1.165) is 12.3 Å². The fourth-order valence-corrected chi connectivity index (χ4v) is 4.61. The van der Waals surface area contributed by atoms with Crippen LogP contribution in [0.2, 0.25) is 0 Å². The summed E-state index contributed by atoms with van der Waals surface area (Å²) in [7, 11) is -7.67. The summed E-state index contributed by atoms with van der Waals surface area (Å²) in [6.07, 6.45) is 3.16. The molecule has 0 atom stereocenters. The van der Waals surface area contributed by atoms with Gasteiger partial charge in [0, 0.05) is 12.3 Å². The number of aliphatic carboxylic acids is 1. The highest BCUT2D eigenvalue weighted by atomic mass is 32.3. The molecule has 0 saturated heterocycles. The zero-order valence-corrected chi connectivity index (χ0v) is 13.0. The van der Waals surface area contributed by atoms with Crippen molar-refractivity contribution in [3.63, 3.8) is 0 Å². The fraction of sp³-hybridized carbons (Fsp3) is 0.250. The summed E-state index contributed by atoms with van der Waals surface area (Å²) in [6, 6.07) is 4.54. The van der Waals surface area contributed by atoms with Crippen LogP contribution in [-0.2, 0) is 24.7 Å². The van der Waals surface area contributed by atoms with Crippen LogP contribution >= 0.6 is 0 Å². The molecule has 0 bridgehead atoms. The molecule has 7 nitrogen and oxygen atoms in total. The number of nitrogens with one attached hydrogen (secondary N) is 1. The van der Waals surface area contributed by atoms with Gasteiger partial charge in [-0.2, -0.15) is 0 Å². The topological polar surface area (TPSA) is 118 Å². The van der Waals surface area contributed by atoms with Gasteiger partial charge in [-0.05, 0) is 36.3 Å². The fourth-order valence-electron chi connectivity index (χ4n) is 1.55. The molecule has 21 heavy (non-hydrogen) atoms. The minimum Gasteiger partial charge on any atom is -0.478 e. The number of sulfone groups is 1. The zero-order valence-electron chi connectivity index (χ0n) is 11.4. The van der Waals surface area contributed by atoms with Crippen LogP contribution < -0.4 is 4.72 Å². The monoisotopic (exact) mass is 333 g/mol. The number of hydrogen-bond donors (Lipinski definition) is 2. The Morgan fingerprint density at radius 3 is 2.38 bits per heavy atom. The van der Waals surface area contributed by atoms with Crippen molar-refractivity contribution >= 4 is 37.6 Å². The Labute approximate surface area is 123 Å². The van der Waals surface area contributed by atoms with E-state index in [1.807, 2.05) is 0 Å². The third-order valence-corrected chi connectivity index (χ3v) is 5.79. The van der Waals surface area contributed by atoms with E-state index in [-0.39, 0.29) is 5.69 Å². The molecule has 1 rings (SSSR count). The molecule has 0 saturated carbocycles. The summed E-state index contributed by atoms with van der Waals surface area (Å²) in [5.74, 6) is -1.09. The molecule has 0 heterocycles. The van der Waals surface area contributed by atoms with Gasteiger partial charge in [0.05, 0.1) is 5.69 Å². The molecular weight excluding hydrogens is 318 g/mol. The van der Waals surface area contributed by atoms with Gasteiger partial charge < -0.3 is 5.11 Å². The van der Waals surface area contributed by atoms with Gasteiger partial charge in [0.15, 0.2) is 14.9 Å². The normalized spacial score (nSPS) is 12.5. The molecule has 0 aliphatic rings. The minimum atomic E-state index is -4.00. The number of carbonyl (C=O) groups is 1. The Hall–Kier alpha value is -1.87. The van der Waals surface area contributed by atoms with Crippen LogP contribution in [0.3, 0.4) is 0 Å². The lowest BCUT2D eigenvalue weighted by Gasteiger charge is -2.10. The standard InChI is InChI=1S/C12H15NO6S2/c1-9-7-10(4-6-12(14)15)3-5-11(9)13-21(18,19)8-20(2,16)17/h3-7,13H,8H2,1-2H3,(H,14,15)/b6-4+. The average molecular weight is 333 g/mol. The van der Waals surface area contributed by atoms with Crippen LogP contribution in [0.4, 0.5) is 5.69 Å². The highest BCUT2D eigenvalue weighted by Crippen LogP contribution is 2.19. The molecule has 1 aromatic carbocycles. The number of carboxylic acids is 1. The van der Waals surface area contributed by atoms with Crippen LogP contribution in [0.25, 0.3) is 6.08 Å². The second-order valence-corrected chi connectivity index (χ2v) is 8.73. The maximum absolute atomic E-state index is 11.7. The first-order valence-corrected chi connectivity index (χ1v) is 9.40. The maximum Gasteiger partial charge on any atom is 0.328 e. The van der Waals surface area contributed by atoms with Crippen molar-refractivity contribution in [1.82, 2.24) is 0 Å². The second-order valence-electron chi connectivity index (χ2n) is 4.51. The van der Waals surface area contributed by atoms with E-state index in [0.29, 0.717) is 11.1 Å². The first-order valence-electron chi connectivity index (χ1n) is 5.68.